The van der Waals surface area contributed by atoms with Crippen molar-refractivity contribution < 1.29 is 8.42 Å². The van der Waals surface area contributed by atoms with E-state index in [4.69, 9.17) is 5.73 Å². The van der Waals surface area contributed by atoms with E-state index in [1.54, 1.807) is 8.99 Å². The van der Waals surface area contributed by atoms with E-state index >= 15 is 0 Å². The molecule has 1 aliphatic rings. The molecule has 2 atom stereocenters. The Morgan fingerprint density at radius 2 is 2.29 bits per heavy atom. The Morgan fingerprint density at radius 1 is 1.52 bits per heavy atom. The first-order valence-electron chi connectivity index (χ1n) is 7.51. The van der Waals surface area contributed by atoms with E-state index in [1.807, 2.05) is 6.20 Å². The van der Waals surface area contributed by atoms with Crippen LogP contribution in [0.3, 0.4) is 0 Å². The van der Waals surface area contributed by atoms with Crippen molar-refractivity contribution in [2.45, 2.75) is 45.2 Å². The lowest BCUT2D eigenvalue weighted by molar-refractivity contribution is 0.239. The first-order valence-corrected chi connectivity index (χ1v) is 9.35. The van der Waals surface area contributed by atoms with Crippen molar-refractivity contribution in [1.29, 1.82) is 0 Å². The summed E-state index contributed by atoms with van der Waals surface area (Å²) >= 11 is 0. The lowest BCUT2D eigenvalue weighted by Crippen LogP contribution is -2.40. The zero-order valence-electron chi connectivity index (χ0n) is 12.8. The highest BCUT2D eigenvalue weighted by Gasteiger charge is 2.26. The molecule has 1 aromatic heterocycles. The number of hydrogen-bond donors (Lipinski definition) is 1. The van der Waals surface area contributed by atoms with E-state index in [9.17, 15) is 8.42 Å². The number of nitrogens with zero attached hydrogens (tertiary/aromatic N) is 4. The van der Waals surface area contributed by atoms with Gasteiger partial charge in [0.05, 0.1) is 24.2 Å². The van der Waals surface area contributed by atoms with Crippen LogP contribution in [0, 0.1) is 5.92 Å². The number of nitrogens with two attached hydrogens (primary N) is 1. The van der Waals surface area contributed by atoms with Crippen molar-refractivity contribution in [2.24, 2.45) is 11.7 Å². The van der Waals surface area contributed by atoms with E-state index in [0.717, 1.165) is 31.4 Å². The lowest BCUT2D eigenvalue weighted by atomic mass is 10.00. The van der Waals surface area contributed by atoms with E-state index in [1.165, 1.54) is 6.26 Å². The normalized spacial score (nSPS) is 22.3. The Balaban J connectivity index is 1.95. The molecule has 0 aliphatic carbocycles. The van der Waals surface area contributed by atoms with Gasteiger partial charge in [0.25, 0.3) is 0 Å². The van der Waals surface area contributed by atoms with Crippen molar-refractivity contribution in [3.8, 4) is 0 Å². The minimum Gasteiger partial charge on any atom is -0.323 e. The molecule has 0 bridgehead atoms. The van der Waals surface area contributed by atoms with Gasteiger partial charge < -0.3 is 5.73 Å². The van der Waals surface area contributed by atoms with Gasteiger partial charge in [0.15, 0.2) is 0 Å². The monoisotopic (exact) mass is 315 g/mol. The van der Waals surface area contributed by atoms with Crippen LogP contribution in [0.15, 0.2) is 6.20 Å². The Kier molecular flexibility index (Phi) is 5.34. The first kappa shape index (κ1) is 16.4. The summed E-state index contributed by atoms with van der Waals surface area (Å²) in [5.41, 5.74) is 6.84. The van der Waals surface area contributed by atoms with Crippen molar-refractivity contribution in [2.75, 3.05) is 19.3 Å². The van der Waals surface area contributed by atoms with E-state index < -0.39 is 10.0 Å². The summed E-state index contributed by atoms with van der Waals surface area (Å²) in [4.78, 5) is 0. The standard InChI is InChI=1S/C13H25N5O2S/c1-3-5-12(14)13-10-17(16-15-13)8-11-6-4-7-18(9-11)21(2,19)20/h10-12H,3-9,14H2,1-2H3. The summed E-state index contributed by atoms with van der Waals surface area (Å²) in [6, 6.07) is -0.0670. The average Bonchev–Trinajstić information content (AvgIpc) is 2.87. The van der Waals surface area contributed by atoms with Crippen LogP contribution in [0.5, 0.6) is 0 Å². The van der Waals surface area contributed by atoms with E-state index in [0.29, 0.717) is 19.6 Å². The molecule has 1 aromatic rings. The van der Waals surface area contributed by atoms with Gasteiger partial charge in [-0.2, -0.15) is 0 Å². The zero-order chi connectivity index (χ0) is 15.5. The fraction of sp³-hybridized carbons (Fsp3) is 0.846. The largest absolute Gasteiger partial charge is 0.323 e. The average molecular weight is 315 g/mol. The number of piperidine rings is 1. The van der Waals surface area contributed by atoms with Crippen molar-refractivity contribution in [3.05, 3.63) is 11.9 Å². The summed E-state index contributed by atoms with van der Waals surface area (Å²) < 4.78 is 26.6. The van der Waals surface area contributed by atoms with Crippen LogP contribution in [0.25, 0.3) is 0 Å². The molecule has 21 heavy (non-hydrogen) atoms. The highest BCUT2D eigenvalue weighted by molar-refractivity contribution is 7.88. The lowest BCUT2D eigenvalue weighted by Gasteiger charge is -2.30. The summed E-state index contributed by atoms with van der Waals surface area (Å²) in [7, 11) is -3.10. The van der Waals surface area contributed by atoms with Crippen molar-refractivity contribution in [3.63, 3.8) is 0 Å². The minimum absolute atomic E-state index is 0.0670. The van der Waals surface area contributed by atoms with Gasteiger partial charge in [-0.1, -0.05) is 18.6 Å². The molecule has 0 radical (unpaired) electrons. The van der Waals surface area contributed by atoms with Gasteiger partial charge in [0.2, 0.25) is 10.0 Å². The molecule has 120 valence electrons. The molecular formula is C13H25N5O2S. The number of rotatable bonds is 6. The Hall–Kier alpha value is -0.990. The fourth-order valence-electron chi connectivity index (χ4n) is 2.77. The van der Waals surface area contributed by atoms with Crippen LogP contribution in [-0.2, 0) is 16.6 Å². The minimum atomic E-state index is -3.10. The SMILES string of the molecule is CCCC(N)c1cn(CC2CCCN(S(C)(=O)=O)C2)nn1. The van der Waals surface area contributed by atoms with Crippen molar-refractivity contribution in [1.82, 2.24) is 19.3 Å². The quantitative estimate of drug-likeness (QED) is 0.836. The van der Waals surface area contributed by atoms with Gasteiger partial charge in [-0.05, 0) is 25.2 Å². The third kappa shape index (κ3) is 4.49. The van der Waals surface area contributed by atoms with Crippen LogP contribution in [-0.4, -0.2) is 47.1 Å². The van der Waals surface area contributed by atoms with Crippen LogP contribution in [0.1, 0.15) is 44.3 Å². The molecule has 0 spiro atoms. The molecular weight excluding hydrogens is 290 g/mol. The van der Waals surface area contributed by atoms with Crippen molar-refractivity contribution >= 4 is 10.0 Å². The maximum Gasteiger partial charge on any atom is 0.211 e. The molecule has 1 fully saturated rings. The predicted octanol–water partition coefficient (Wildman–Crippen LogP) is 0.750. The predicted molar refractivity (Wildman–Crippen MR) is 81.0 cm³/mol. The number of sulfonamides is 1. The van der Waals surface area contributed by atoms with Gasteiger partial charge in [0.1, 0.15) is 0 Å². The van der Waals surface area contributed by atoms with Crippen LogP contribution >= 0.6 is 0 Å². The van der Waals surface area contributed by atoms with E-state index in [-0.39, 0.29) is 12.0 Å². The number of aromatic nitrogens is 3. The number of hydrogen-bond acceptors (Lipinski definition) is 5. The highest BCUT2D eigenvalue weighted by Crippen LogP contribution is 2.20. The molecule has 1 saturated heterocycles. The second kappa shape index (κ2) is 6.85. The fourth-order valence-corrected chi connectivity index (χ4v) is 3.72. The van der Waals surface area contributed by atoms with Crippen LogP contribution in [0.2, 0.25) is 0 Å². The zero-order valence-corrected chi connectivity index (χ0v) is 13.6. The first-order chi connectivity index (χ1) is 9.90. The van der Waals surface area contributed by atoms with E-state index in [2.05, 4.69) is 17.2 Å². The Morgan fingerprint density at radius 3 is 2.95 bits per heavy atom. The molecule has 2 rings (SSSR count). The van der Waals surface area contributed by atoms with Gasteiger partial charge >= 0.3 is 0 Å². The molecule has 2 unspecified atom stereocenters. The Bertz CT molecular complexity index is 557. The molecule has 8 heteroatoms. The maximum absolute atomic E-state index is 11.6. The second-order valence-electron chi connectivity index (χ2n) is 5.89. The molecule has 7 nitrogen and oxygen atoms in total. The molecule has 2 heterocycles. The summed E-state index contributed by atoms with van der Waals surface area (Å²) in [5, 5.41) is 8.24. The van der Waals surface area contributed by atoms with Gasteiger partial charge in [-0.15, -0.1) is 5.10 Å². The molecule has 0 amide bonds. The smallest absolute Gasteiger partial charge is 0.211 e. The highest BCUT2D eigenvalue weighted by atomic mass is 32.2. The molecule has 2 N–H and O–H groups in total. The van der Waals surface area contributed by atoms with Gasteiger partial charge in [-0.3, -0.25) is 4.68 Å². The second-order valence-corrected chi connectivity index (χ2v) is 7.87. The van der Waals surface area contributed by atoms with Crippen LogP contribution < -0.4 is 5.73 Å². The maximum atomic E-state index is 11.6. The Labute approximate surface area is 126 Å². The van der Waals surface area contributed by atoms with Gasteiger partial charge in [0, 0.05) is 19.6 Å². The van der Waals surface area contributed by atoms with Crippen LogP contribution in [0.4, 0.5) is 0 Å². The molecule has 1 aliphatic heterocycles. The summed E-state index contributed by atoms with van der Waals surface area (Å²) in [6.45, 7) is 3.97. The molecule has 0 saturated carbocycles. The summed E-state index contributed by atoms with van der Waals surface area (Å²) in [6.07, 6.45) is 6.98. The third-order valence-corrected chi connectivity index (χ3v) is 5.20. The van der Waals surface area contributed by atoms with Gasteiger partial charge in [-0.25, -0.2) is 12.7 Å². The summed E-state index contributed by atoms with van der Waals surface area (Å²) in [5.74, 6) is 0.283. The topological polar surface area (TPSA) is 94.1 Å². The molecule has 0 aromatic carbocycles. The third-order valence-electron chi connectivity index (χ3n) is 3.93.